The van der Waals surface area contributed by atoms with Crippen molar-refractivity contribution < 1.29 is 0 Å². The maximum Gasteiger partial charge on any atom is 0.332 e. The lowest BCUT2D eigenvalue weighted by molar-refractivity contribution is 0.737. The third-order valence-corrected chi connectivity index (χ3v) is 2.72. The van der Waals surface area contributed by atoms with Crippen molar-refractivity contribution in [2.45, 2.75) is 19.4 Å². The van der Waals surface area contributed by atoms with Crippen molar-refractivity contribution in [3.63, 3.8) is 0 Å². The van der Waals surface area contributed by atoms with Gasteiger partial charge in [0.1, 0.15) is 0 Å². The lowest BCUT2D eigenvalue weighted by Crippen LogP contribution is -2.20. The van der Waals surface area contributed by atoms with Crippen molar-refractivity contribution in [2.24, 2.45) is 12.8 Å². The van der Waals surface area contributed by atoms with Crippen LogP contribution in [0.5, 0.6) is 0 Å². The molecule has 17 heavy (non-hydrogen) atoms. The SMILES string of the molecule is CC(N)Cc1ccc(-n2ccn(C)c2=O)cc1. The fourth-order valence-corrected chi connectivity index (χ4v) is 1.83. The second-order valence-electron chi connectivity index (χ2n) is 4.41. The molecule has 4 nitrogen and oxygen atoms in total. The van der Waals surface area contributed by atoms with E-state index in [9.17, 15) is 4.79 Å². The van der Waals surface area contributed by atoms with Crippen LogP contribution in [0.2, 0.25) is 0 Å². The van der Waals surface area contributed by atoms with E-state index >= 15 is 0 Å². The molecule has 1 unspecified atom stereocenters. The molecule has 0 bridgehead atoms. The first-order valence-corrected chi connectivity index (χ1v) is 5.67. The smallest absolute Gasteiger partial charge is 0.328 e. The first-order chi connectivity index (χ1) is 8.08. The largest absolute Gasteiger partial charge is 0.332 e. The highest BCUT2D eigenvalue weighted by atomic mass is 16.1. The Bertz CT molecular complexity index is 549. The average Bonchev–Trinajstić information content (AvgIpc) is 2.60. The third-order valence-electron chi connectivity index (χ3n) is 2.72. The molecule has 2 N–H and O–H groups in total. The zero-order valence-corrected chi connectivity index (χ0v) is 10.1. The first-order valence-electron chi connectivity index (χ1n) is 5.67. The molecule has 0 fully saturated rings. The number of aromatic nitrogens is 2. The van der Waals surface area contributed by atoms with Crippen molar-refractivity contribution in [2.75, 3.05) is 0 Å². The van der Waals surface area contributed by atoms with Crippen LogP contribution in [0.1, 0.15) is 12.5 Å². The van der Waals surface area contributed by atoms with Crippen LogP contribution in [0, 0.1) is 0 Å². The lowest BCUT2D eigenvalue weighted by Gasteiger charge is -2.06. The monoisotopic (exact) mass is 231 g/mol. The van der Waals surface area contributed by atoms with Crippen LogP contribution in [-0.4, -0.2) is 15.2 Å². The number of aryl methyl sites for hydroxylation is 1. The molecular formula is C13H17N3O. The van der Waals surface area contributed by atoms with Gasteiger partial charge < -0.3 is 10.3 Å². The normalized spacial score (nSPS) is 12.6. The number of nitrogens with two attached hydrogens (primary N) is 1. The second kappa shape index (κ2) is 4.59. The molecule has 0 saturated carbocycles. The van der Waals surface area contributed by atoms with Gasteiger partial charge in [-0.25, -0.2) is 4.79 Å². The van der Waals surface area contributed by atoms with Crippen molar-refractivity contribution in [1.29, 1.82) is 0 Å². The van der Waals surface area contributed by atoms with Gasteiger partial charge in [0.05, 0.1) is 5.69 Å². The molecule has 1 heterocycles. The van der Waals surface area contributed by atoms with Crippen LogP contribution < -0.4 is 11.4 Å². The van der Waals surface area contributed by atoms with Crippen LogP contribution in [-0.2, 0) is 13.5 Å². The third kappa shape index (κ3) is 2.47. The van der Waals surface area contributed by atoms with Crippen molar-refractivity contribution in [3.8, 4) is 5.69 Å². The van der Waals surface area contributed by atoms with E-state index in [2.05, 4.69) is 0 Å². The van der Waals surface area contributed by atoms with Crippen molar-refractivity contribution >= 4 is 0 Å². The van der Waals surface area contributed by atoms with Gasteiger partial charge in [-0.3, -0.25) is 4.57 Å². The Morgan fingerprint density at radius 2 is 1.88 bits per heavy atom. The number of benzene rings is 1. The Balaban J connectivity index is 2.30. The minimum atomic E-state index is -0.0371. The van der Waals surface area contributed by atoms with E-state index in [1.807, 2.05) is 31.2 Å². The zero-order chi connectivity index (χ0) is 12.4. The van der Waals surface area contributed by atoms with E-state index in [1.54, 1.807) is 28.6 Å². The van der Waals surface area contributed by atoms with Gasteiger partial charge in [-0.1, -0.05) is 12.1 Å². The minimum absolute atomic E-state index is 0.0371. The van der Waals surface area contributed by atoms with E-state index in [0.717, 1.165) is 12.1 Å². The molecule has 2 rings (SSSR count). The Hall–Kier alpha value is -1.81. The topological polar surface area (TPSA) is 52.9 Å². The van der Waals surface area contributed by atoms with Crippen LogP contribution in [0.4, 0.5) is 0 Å². The summed E-state index contributed by atoms with van der Waals surface area (Å²) in [6.45, 7) is 1.98. The van der Waals surface area contributed by atoms with Crippen LogP contribution in [0.3, 0.4) is 0 Å². The van der Waals surface area contributed by atoms with Gasteiger partial charge >= 0.3 is 5.69 Å². The van der Waals surface area contributed by atoms with Gasteiger partial charge in [-0.05, 0) is 31.0 Å². The van der Waals surface area contributed by atoms with E-state index in [-0.39, 0.29) is 11.7 Å². The molecule has 1 aromatic carbocycles. The van der Waals surface area contributed by atoms with Gasteiger partial charge in [0.2, 0.25) is 0 Å². The second-order valence-corrected chi connectivity index (χ2v) is 4.41. The summed E-state index contributed by atoms with van der Waals surface area (Å²) in [4.78, 5) is 11.7. The van der Waals surface area contributed by atoms with Crippen molar-refractivity contribution in [1.82, 2.24) is 9.13 Å². The average molecular weight is 231 g/mol. The van der Waals surface area contributed by atoms with Gasteiger partial charge in [0.25, 0.3) is 0 Å². The molecule has 0 radical (unpaired) electrons. The summed E-state index contributed by atoms with van der Waals surface area (Å²) in [5, 5.41) is 0. The highest BCUT2D eigenvalue weighted by Crippen LogP contribution is 2.09. The zero-order valence-electron chi connectivity index (χ0n) is 10.1. The summed E-state index contributed by atoms with van der Waals surface area (Å²) >= 11 is 0. The lowest BCUT2D eigenvalue weighted by atomic mass is 10.1. The minimum Gasteiger partial charge on any atom is -0.328 e. The molecule has 0 aliphatic carbocycles. The van der Waals surface area contributed by atoms with Crippen LogP contribution in [0.15, 0.2) is 41.5 Å². The van der Waals surface area contributed by atoms with Gasteiger partial charge in [-0.2, -0.15) is 0 Å². The van der Waals surface area contributed by atoms with Gasteiger partial charge in [0.15, 0.2) is 0 Å². The van der Waals surface area contributed by atoms with Gasteiger partial charge in [-0.15, -0.1) is 0 Å². The summed E-state index contributed by atoms with van der Waals surface area (Å²) < 4.78 is 3.17. The molecule has 2 aromatic rings. The van der Waals surface area contributed by atoms with E-state index in [4.69, 9.17) is 5.73 Å². The fourth-order valence-electron chi connectivity index (χ4n) is 1.83. The van der Waals surface area contributed by atoms with Crippen LogP contribution in [0.25, 0.3) is 5.69 Å². The highest BCUT2D eigenvalue weighted by molar-refractivity contribution is 5.34. The van der Waals surface area contributed by atoms with E-state index < -0.39 is 0 Å². The Kier molecular flexibility index (Phi) is 3.15. The standard InChI is InChI=1S/C13H17N3O/c1-10(14)9-11-3-5-12(6-4-11)16-8-7-15(2)13(16)17/h3-8,10H,9,14H2,1-2H3. The molecule has 1 atom stereocenters. The number of hydrogen-bond donors (Lipinski definition) is 1. The quantitative estimate of drug-likeness (QED) is 0.859. The summed E-state index contributed by atoms with van der Waals surface area (Å²) in [6.07, 6.45) is 4.37. The Morgan fingerprint density at radius 3 is 2.35 bits per heavy atom. The molecule has 90 valence electrons. The first kappa shape index (κ1) is 11.7. The number of hydrogen-bond acceptors (Lipinski definition) is 2. The number of imidazole rings is 1. The number of nitrogens with zero attached hydrogens (tertiary/aromatic N) is 2. The summed E-state index contributed by atoms with van der Waals surface area (Å²) in [5.74, 6) is 0. The van der Waals surface area contributed by atoms with E-state index in [0.29, 0.717) is 0 Å². The maximum atomic E-state index is 11.7. The van der Waals surface area contributed by atoms with Crippen molar-refractivity contribution in [3.05, 3.63) is 52.7 Å². The Labute approximate surface area is 100 Å². The molecule has 1 aromatic heterocycles. The maximum absolute atomic E-state index is 11.7. The molecule has 0 saturated heterocycles. The molecule has 0 spiro atoms. The Morgan fingerprint density at radius 1 is 1.24 bits per heavy atom. The highest BCUT2D eigenvalue weighted by Gasteiger charge is 2.03. The molecule has 0 aliphatic heterocycles. The summed E-state index contributed by atoms with van der Waals surface area (Å²) in [6, 6.07) is 8.06. The molecule has 0 amide bonds. The predicted molar refractivity (Wildman–Crippen MR) is 68.4 cm³/mol. The van der Waals surface area contributed by atoms with Crippen LogP contribution >= 0.6 is 0 Å². The van der Waals surface area contributed by atoms with Gasteiger partial charge in [0, 0.05) is 25.5 Å². The molecular weight excluding hydrogens is 214 g/mol. The van der Waals surface area contributed by atoms with E-state index in [1.165, 1.54) is 5.56 Å². The predicted octanol–water partition coefficient (Wildman–Crippen LogP) is 1.07. The fraction of sp³-hybridized carbons (Fsp3) is 0.308. The summed E-state index contributed by atoms with van der Waals surface area (Å²) in [7, 11) is 1.74. The summed E-state index contributed by atoms with van der Waals surface area (Å²) in [5.41, 5.74) is 7.77. The molecule has 4 heteroatoms. The number of rotatable bonds is 3. The molecule has 0 aliphatic rings.